The van der Waals surface area contributed by atoms with Crippen molar-refractivity contribution in [3.63, 3.8) is 0 Å². The van der Waals surface area contributed by atoms with Gasteiger partial charge in [-0.1, -0.05) is 18.0 Å². The van der Waals surface area contributed by atoms with Crippen LogP contribution in [0.1, 0.15) is 58.3 Å². The van der Waals surface area contributed by atoms with E-state index in [4.69, 9.17) is 21.1 Å². The number of ketones is 1. The molecule has 226 valence electrons. The highest BCUT2D eigenvalue weighted by molar-refractivity contribution is 6.31. The lowest BCUT2D eigenvalue weighted by Crippen LogP contribution is -2.31. The molecule has 0 atom stereocenters. The van der Waals surface area contributed by atoms with E-state index in [0.29, 0.717) is 30.2 Å². The molecule has 0 saturated carbocycles. The molecule has 4 rings (SSSR count). The van der Waals surface area contributed by atoms with Crippen molar-refractivity contribution in [1.29, 1.82) is 5.26 Å². The number of carbonyl (C=O) groups is 2. The largest absolute Gasteiger partial charge is 0.494 e. The number of nitrogens with zero attached hydrogens (tertiary/aromatic N) is 2. The van der Waals surface area contributed by atoms with Gasteiger partial charge in [-0.2, -0.15) is 18.4 Å². The van der Waals surface area contributed by atoms with Crippen molar-refractivity contribution in [2.75, 3.05) is 38.2 Å². The third-order valence-electron chi connectivity index (χ3n) is 7.00. The standard InChI is InChI=1S/C32H31ClF3N3O4/c1-21-14-26(42-13-5-12-39-10-3-2-4-11-39)7-8-28(21)38-30(40)20-43-29-9-6-25(33)18-27(29)31(41)23-15-22(19-37)16-24(17-23)32(34,35)36/h6-9,14-18H,2-5,10-13,20H2,1H3,(H,38,40). The van der Waals surface area contributed by atoms with E-state index in [9.17, 15) is 28.0 Å². The summed E-state index contributed by atoms with van der Waals surface area (Å²) in [7, 11) is 0. The molecule has 11 heteroatoms. The van der Waals surface area contributed by atoms with E-state index in [-0.39, 0.29) is 27.5 Å². The summed E-state index contributed by atoms with van der Waals surface area (Å²) in [6.45, 7) is 5.24. The summed E-state index contributed by atoms with van der Waals surface area (Å²) >= 11 is 6.05. The summed E-state index contributed by atoms with van der Waals surface area (Å²) in [6, 6.07) is 13.3. The molecule has 0 radical (unpaired) electrons. The summed E-state index contributed by atoms with van der Waals surface area (Å²) in [5, 5.41) is 12.1. The number of halogens is 4. The average Bonchev–Trinajstić information content (AvgIpc) is 2.99. The Morgan fingerprint density at radius 1 is 1.02 bits per heavy atom. The minimum absolute atomic E-state index is 0.0505. The normalized spacial score (nSPS) is 13.7. The van der Waals surface area contributed by atoms with Gasteiger partial charge in [0.15, 0.2) is 12.4 Å². The number of amides is 1. The predicted molar refractivity (Wildman–Crippen MR) is 157 cm³/mol. The molecule has 0 aromatic heterocycles. The lowest BCUT2D eigenvalue weighted by Gasteiger charge is -2.26. The van der Waals surface area contributed by atoms with Crippen molar-refractivity contribution in [1.82, 2.24) is 4.90 Å². The highest BCUT2D eigenvalue weighted by Gasteiger charge is 2.32. The van der Waals surface area contributed by atoms with E-state index in [1.165, 1.54) is 37.5 Å². The van der Waals surface area contributed by atoms with Crippen molar-refractivity contribution >= 4 is 29.0 Å². The number of aryl methyl sites for hydroxylation is 1. The first-order valence-corrected chi connectivity index (χ1v) is 14.3. The van der Waals surface area contributed by atoms with Crippen LogP contribution in [0.2, 0.25) is 5.02 Å². The Labute approximate surface area is 253 Å². The Balaban J connectivity index is 1.37. The van der Waals surface area contributed by atoms with E-state index in [1.54, 1.807) is 18.2 Å². The van der Waals surface area contributed by atoms with Gasteiger partial charge in [0, 0.05) is 22.8 Å². The van der Waals surface area contributed by atoms with Crippen LogP contribution in [0.5, 0.6) is 11.5 Å². The quantitative estimate of drug-likeness (QED) is 0.184. The molecule has 0 bridgehead atoms. The fourth-order valence-electron chi connectivity index (χ4n) is 4.80. The lowest BCUT2D eigenvalue weighted by molar-refractivity contribution is -0.137. The SMILES string of the molecule is Cc1cc(OCCCN2CCCCC2)ccc1NC(=O)COc1ccc(Cl)cc1C(=O)c1cc(C#N)cc(C(F)(F)F)c1. The van der Waals surface area contributed by atoms with E-state index in [0.717, 1.165) is 37.7 Å². The number of piperidine rings is 1. The van der Waals surface area contributed by atoms with Gasteiger partial charge < -0.3 is 19.7 Å². The second-order valence-corrected chi connectivity index (χ2v) is 10.7. The van der Waals surface area contributed by atoms with Crippen molar-refractivity contribution in [3.8, 4) is 17.6 Å². The van der Waals surface area contributed by atoms with Crippen LogP contribution < -0.4 is 14.8 Å². The Morgan fingerprint density at radius 3 is 2.49 bits per heavy atom. The van der Waals surface area contributed by atoms with E-state index < -0.39 is 30.0 Å². The highest BCUT2D eigenvalue weighted by atomic mass is 35.5. The molecule has 1 heterocycles. The number of nitriles is 1. The Bertz CT molecular complexity index is 1510. The first-order chi connectivity index (χ1) is 20.5. The number of nitrogens with one attached hydrogen (secondary N) is 1. The molecule has 43 heavy (non-hydrogen) atoms. The minimum Gasteiger partial charge on any atom is -0.494 e. The zero-order valence-electron chi connectivity index (χ0n) is 23.6. The van der Waals surface area contributed by atoms with Gasteiger partial charge in [0.05, 0.1) is 29.4 Å². The van der Waals surface area contributed by atoms with E-state index in [1.807, 2.05) is 13.0 Å². The van der Waals surface area contributed by atoms with Crippen LogP contribution in [-0.4, -0.2) is 49.4 Å². The van der Waals surface area contributed by atoms with Gasteiger partial charge in [-0.05, 0) is 99.4 Å². The second kappa shape index (κ2) is 14.4. The van der Waals surface area contributed by atoms with Gasteiger partial charge in [-0.15, -0.1) is 0 Å². The summed E-state index contributed by atoms with van der Waals surface area (Å²) in [5.41, 5.74) is -0.653. The van der Waals surface area contributed by atoms with Gasteiger partial charge in [-0.25, -0.2) is 0 Å². The molecule has 1 fully saturated rings. The zero-order chi connectivity index (χ0) is 31.0. The smallest absolute Gasteiger partial charge is 0.416 e. The third-order valence-corrected chi connectivity index (χ3v) is 7.24. The minimum atomic E-state index is -4.76. The number of benzene rings is 3. The van der Waals surface area contributed by atoms with Crippen molar-refractivity contribution in [2.24, 2.45) is 0 Å². The highest BCUT2D eigenvalue weighted by Crippen LogP contribution is 2.33. The number of ether oxygens (including phenoxy) is 2. The van der Waals surface area contributed by atoms with Crippen molar-refractivity contribution < 1.29 is 32.2 Å². The molecule has 1 N–H and O–H groups in total. The molecule has 1 aliphatic rings. The number of rotatable bonds is 11. The van der Waals surface area contributed by atoms with Crippen molar-refractivity contribution in [3.05, 3.63) is 87.4 Å². The summed E-state index contributed by atoms with van der Waals surface area (Å²) in [6.07, 6.45) is -0.0278. The first kappa shape index (κ1) is 31.9. The molecular formula is C32H31ClF3N3O4. The Morgan fingerprint density at radius 2 is 1.79 bits per heavy atom. The van der Waals surface area contributed by atoms with Crippen LogP contribution in [0.3, 0.4) is 0 Å². The first-order valence-electron chi connectivity index (χ1n) is 13.9. The van der Waals surface area contributed by atoms with Crippen LogP contribution in [-0.2, 0) is 11.0 Å². The molecule has 3 aromatic carbocycles. The summed E-state index contributed by atoms with van der Waals surface area (Å²) in [5.74, 6) is -0.713. The molecule has 3 aromatic rings. The molecule has 0 aliphatic carbocycles. The maximum Gasteiger partial charge on any atom is 0.416 e. The Kier molecular flexibility index (Phi) is 10.7. The summed E-state index contributed by atoms with van der Waals surface area (Å²) < 4.78 is 51.5. The monoisotopic (exact) mass is 613 g/mol. The number of anilines is 1. The topological polar surface area (TPSA) is 91.7 Å². The molecule has 0 unspecified atom stereocenters. The van der Waals surface area contributed by atoms with Crippen LogP contribution in [0.4, 0.5) is 18.9 Å². The Hall–Kier alpha value is -4.07. The van der Waals surface area contributed by atoms with Crippen molar-refractivity contribution in [2.45, 2.75) is 38.8 Å². The number of likely N-dealkylation sites (tertiary alicyclic amines) is 1. The molecule has 1 saturated heterocycles. The maximum atomic E-state index is 13.3. The molecule has 1 aliphatic heterocycles. The molecule has 0 spiro atoms. The fraction of sp³-hybridized carbons (Fsp3) is 0.344. The third kappa shape index (κ3) is 8.96. The van der Waals surface area contributed by atoms with Crippen LogP contribution in [0, 0.1) is 18.3 Å². The van der Waals surface area contributed by atoms with Crippen LogP contribution >= 0.6 is 11.6 Å². The fourth-order valence-corrected chi connectivity index (χ4v) is 4.98. The number of hydrogen-bond acceptors (Lipinski definition) is 6. The van der Waals surface area contributed by atoms with Gasteiger partial charge in [0.2, 0.25) is 0 Å². The summed E-state index contributed by atoms with van der Waals surface area (Å²) in [4.78, 5) is 28.4. The average molecular weight is 614 g/mol. The predicted octanol–water partition coefficient (Wildman–Crippen LogP) is 7.04. The van der Waals surface area contributed by atoms with Crippen LogP contribution in [0.25, 0.3) is 0 Å². The van der Waals surface area contributed by atoms with E-state index in [2.05, 4.69) is 10.2 Å². The maximum absolute atomic E-state index is 13.3. The van der Waals surface area contributed by atoms with Gasteiger partial charge >= 0.3 is 6.18 Å². The van der Waals surface area contributed by atoms with Gasteiger partial charge in [0.1, 0.15) is 11.5 Å². The lowest BCUT2D eigenvalue weighted by atomic mass is 9.98. The number of hydrogen-bond donors (Lipinski definition) is 1. The zero-order valence-corrected chi connectivity index (χ0v) is 24.4. The van der Waals surface area contributed by atoms with E-state index >= 15 is 0 Å². The molecular weight excluding hydrogens is 583 g/mol. The number of alkyl halides is 3. The number of carbonyl (C=O) groups excluding carboxylic acids is 2. The van der Waals surface area contributed by atoms with Gasteiger partial charge in [0.25, 0.3) is 5.91 Å². The van der Waals surface area contributed by atoms with Gasteiger partial charge in [-0.3, -0.25) is 9.59 Å². The van der Waals surface area contributed by atoms with Crippen LogP contribution in [0.15, 0.2) is 54.6 Å². The molecule has 1 amide bonds. The molecule has 7 nitrogen and oxygen atoms in total. The second-order valence-electron chi connectivity index (χ2n) is 10.3.